The minimum Gasteiger partial charge on any atom is -0.397 e. The average Bonchev–Trinajstić information content (AvgIpc) is 3.16. The molecular weight excluding hydrogens is 278 g/mol. The molecule has 2 aliphatic rings. The maximum Gasteiger partial charge on any atom is 0.260 e. The molecule has 0 radical (unpaired) electrons. The number of hydrogen-bond acceptors (Lipinski definition) is 5. The molecule has 2 aromatic rings. The van der Waals surface area contributed by atoms with Crippen LogP contribution in [0.25, 0.3) is 11.5 Å². The van der Waals surface area contributed by atoms with Gasteiger partial charge in [0.15, 0.2) is 5.82 Å². The number of nitrogens with zero attached hydrogens (tertiary/aromatic N) is 2. The summed E-state index contributed by atoms with van der Waals surface area (Å²) in [5, 5.41) is 4.59. The number of hydrogen-bond donors (Lipinski definition) is 1. The summed E-state index contributed by atoms with van der Waals surface area (Å²) in [4.78, 5) is 4.49. The molecule has 3 heterocycles. The molecule has 2 saturated heterocycles. The number of para-hydroxylation sites is 1. The lowest BCUT2D eigenvalue weighted by Crippen LogP contribution is -2.15. The van der Waals surface area contributed by atoms with E-state index >= 15 is 0 Å². The normalized spacial score (nSPS) is 28.1. The lowest BCUT2D eigenvalue weighted by atomic mass is 9.89. The van der Waals surface area contributed by atoms with Crippen molar-refractivity contribution in [2.75, 3.05) is 5.73 Å². The van der Waals surface area contributed by atoms with E-state index in [1.54, 1.807) is 6.07 Å². The Hall–Kier alpha value is -1.59. The summed E-state index contributed by atoms with van der Waals surface area (Å²) in [5.74, 6) is 1.38. The summed E-state index contributed by atoms with van der Waals surface area (Å²) in [6.07, 6.45) is 3.81. The highest BCUT2D eigenvalue weighted by Crippen LogP contribution is 2.44. The lowest BCUT2D eigenvalue weighted by Gasteiger charge is -2.13. The summed E-state index contributed by atoms with van der Waals surface area (Å²) in [5.41, 5.74) is 7.10. The van der Waals surface area contributed by atoms with Crippen LogP contribution in [-0.2, 0) is 4.74 Å². The lowest BCUT2D eigenvalue weighted by molar-refractivity contribution is 0.0996. The van der Waals surface area contributed by atoms with Gasteiger partial charge in [0.05, 0.1) is 34.4 Å². The minimum absolute atomic E-state index is 0.238. The molecular formula is C14H14ClN3O2. The molecule has 2 N–H and O–H groups in total. The van der Waals surface area contributed by atoms with Crippen LogP contribution in [-0.4, -0.2) is 22.3 Å². The van der Waals surface area contributed by atoms with Crippen LogP contribution >= 0.6 is 11.6 Å². The topological polar surface area (TPSA) is 74.2 Å². The maximum atomic E-state index is 6.01. The Balaban J connectivity index is 1.67. The molecule has 3 unspecified atom stereocenters. The van der Waals surface area contributed by atoms with Crippen molar-refractivity contribution in [1.82, 2.24) is 10.1 Å². The van der Waals surface area contributed by atoms with Gasteiger partial charge in [0.25, 0.3) is 5.89 Å². The predicted molar refractivity (Wildman–Crippen MR) is 74.4 cm³/mol. The molecule has 0 saturated carbocycles. The highest BCUT2D eigenvalue weighted by molar-refractivity contribution is 6.33. The first-order valence-electron chi connectivity index (χ1n) is 6.76. The third kappa shape index (κ3) is 1.81. The minimum atomic E-state index is 0.238. The summed E-state index contributed by atoms with van der Waals surface area (Å²) < 4.78 is 11.2. The predicted octanol–water partition coefficient (Wildman–Crippen LogP) is 3.01. The van der Waals surface area contributed by atoms with Gasteiger partial charge in [0.1, 0.15) is 0 Å². The van der Waals surface area contributed by atoms with Crippen LogP contribution in [0.5, 0.6) is 0 Å². The SMILES string of the molecule is Nc1c(Cl)cccc1-c1nc(C2CC3CCC2O3)no1. The fraction of sp³-hybridized carbons (Fsp3) is 0.429. The van der Waals surface area contributed by atoms with E-state index in [0.29, 0.717) is 34.1 Å². The number of nitrogen functional groups attached to an aromatic ring is 1. The first kappa shape index (κ1) is 12.2. The second-order valence-corrected chi connectivity index (χ2v) is 5.78. The van der Waals surface area contributed by atoms with Crippen molar-refractivity contribution in [1.29, 1.82) is 0 Å². The van der Waals surface area contributed by atoms with Crippen LogP contribution in [0.4, 0.5) is 5.69 Å². The number of aromatic nitrogens is 2. The van der Waals surface area contributed by atoms with E-state index in [9.17, 15) is 0 Å². The Labute approximate surface area is 121 Å². The van der Waals surface area contributed by atoms with Gasteiger partial charge in [0, 0.05) is 0 Å². The third-order valence-corrected chi connectivity index (χ3v) is 4.49. The molecule has 0 amide bonds. The Kier molecular flexibility index (Phi) is 2.72. The zero-order chi connectivity index (χ0) is 13.7. The van der Waals surface area contributed by atoms with Crippen molar-refractivity contribution in [2.45, 2.75) is 37.4 Å². The first-order valence-corrected chi connectivity index (χ1v) is 7.13. The quantitative estimate of drug-likeness (QED) is 0.861. The summed E-state index contributed by atoms with van der Waals surface area (Å²) in [6, 6.07) is 5.38. The monoisotopic (exact) mass is 291 g/mol. The summed E-state index contributed by atoms with van der Waals surface area (Å²) >= 11 is 6.01. The fourth-order valence-corrected chi connectivity index (χ4v) is 3.30. The molecule has 104 valence electrons. The van der Waals surface area contributed by atoms with E-state index in [1.807, 2.05) is 12.1 Å². The van der Waals surface area contributed by atoms with Gasteiger partial charge >= 0.3 is 0 Å². The van der Waals surface area contributed by atoms with Crippen molar-refractivity contribution in [3.8, 4) is 11.5 Å². The summed E-state index contributed by atoms with van der Waals surface area (Å²) in [7, 11) is 0. The smallest absolute Gasteiger partial charge is 0.260 e. The van der Waals surface area contributed by atoms with E-state index in [-0.39, 0.29) is 12.0 Å². The maximum absolute atomic E-state index is 6.01. The number of rotatable bonds is 2. The summed E-state index contributed by atoms with van der Waals surface area (Å²) in [6.45, 7) is 0. The molecule has 2 bridgehead atoms. The number of halogens is 1. The van der Waals surface area contributed by atoms with E-state index in [4.69, 9.17) is 26.6 Å². The van der Waals surface area contributed by atoms with Gasteiger partial charge < -0.3 is 15.0 Å². The van der Waals surface area contributed by atoms with E-state index in [1.165, 1.54) is 0 Å². The number of nitrogens with two attached hydrogens (primary N) is 1. The largest absolute Gasteiger partial charge is 0.397 e. The molecule has 4 rings (SSSR count). The Bertz CT molecular complexity index is 658. The van der Waals surface area contributed by atoms with Gasteiger partial charge in [-0.1, -0.05) is 22.8 Å². The third-order valence-electron chi connectivity index (χ3n) is 4.16. The zero-order valence-corrected chi connectivity index (χ0v) is 11.5. The van der Waals surface area contributed by atoms with Gasteiger partial charge in [-0.3, -0.25) is 0 Å². The molecule has 1 aromatic heterocycles. The van der Waals surface area contributed by atoms with Crippen molar-refractivity contribution in [3.63, 3.8) is 0 Å². The van der Waals surface area contributed by atoms with Crippen LogP contribution in [0.1, 0.15) is 31.0 Å². The van der Waals surface area contributed by atoms with E-state index in [0.717, 1.165) is 19.3 Å². The number of anilines is 1. The average molecular weight is 292 g/mol. The van der Waals surface area contributed by atoms with Gasteiger partial charge in [-0.15, -0.1) is 0 Å². The van der Waals surface area contributed by atoms with Crippen LogP contribution in [0.15, 0.2) is 22.7 Å². The molecule has 1 aromatic carbocycles. The highest BCUT2D eigenvalue weighted by atomic mass is 35.5. The molecule has 20 heavy (non-hydrogen) atoms. The Morgan fingerprint density at radius 2 is 2.20 bits per heavy atom. The van der Waals surface area contributed by atoms with Crippen LogP contribution in [0, 0.1) is 0 Å². The Morgan fingerprint density at radius 1 is 1.30 bits per heavy atom. The van der Waals surface area contributed by atoms with E-state index < -0.39 is 0 Å². The van der Waals surface area contributed by atoms with Crippen molar-refractivity contribution in [3.05, 3.63) is 29.0 Å². The van der Waals surface area contributed by atoms with Crippen molar-refractivity contribution < 1.29 is 9.26 Å². The van der Waals surface area contributed by atoms with E-state index in [2.05, 4.69) is 10.1 Å². The fourth-order valence-electron chi connectivity index (χ4n) is 3.13. The molecule has 0 spiro atoms. The first-order chi connectivity index (χ1) is 9.72. The van der Waals surface area contributed by atoms with Crippen LogP contribution in [0.3, 0.4) is 0 Å². The number of ether oxygens (including phenoxy) is 1. The molecule has 6 heteroatoms. The zero-order valence-electron chi connectivity index (χ0n) is 10.8. The molecule has 0 aliphatic carbocycles. The standard InChI is InChI=1S/C14H14ClN3O2/c15-10-3-1-2-8(12(10)16)14-17-13(18-20-14)9-6-7-4-5-11(9)19-7/h1-3,7,9,11H,4-6,16H2. The van der Waals surface area contributed by atoms with Crippen molar-refractivity contribution in [2.24, 2.45) is 0 Å². The number of benzene rings is 1. The molecule has 2 aliphatic heterocycles. The van der Waals surface area contributed by atoms with Gasteiger partial charge in [-0.25, -0.2) is 0 Å². The molecule has 5 nitrogen and oxygen atoms in total. The molecule has 2 fully saturated rings. The van der Waals surface area contributed by atoms with Gasteiger partial charge in [0.2, 0.25) is 0 Å². The van der Waals surface area contributed by atoms with Crippen LogP contribution < -0.4 is 5.73 Å². The van der Waals surface area contributed by atoms with Crippen LogP contribution in [0.2, 0.25) is 5.02 Å². The van der Waals surface area contributed by atoms with Gasteiger partial charge in [-0.2, -0.15) is 4.98 Å². The second kappa shape index (κ2) is 4.46. The van der Waals surface area contributed by atoms with Crippen molar-refractivity contribution >= 4 is 17.3 Å². The molecule has 3 atom stereocenters. The van der Waals surface area contributed by atoms with Gasteiger partial charge in [-0.05, 0) is 31.4 Å². The highest BCUT2D eigenvalue weighted by Gasteiger charge is 2.43. The Morgan fingerprint density at radius 3 is 2.95 bits per heavy atom. The number of fused-ring (bicyclic) bond motifs is 2. The second-order valence-electron chi connectivity index (χ2n) is 5.37.